The molecule has 12 heteroatoms. The topological polar surface area (TPSA) is 109 Å². The summed E-state index contributed by atoms with van der Waals surface area (Å²) in [4.78, 5) is 22.6. The predicted molar refractivity (Wildman–Crippen MR) is 204 cm³/mol. The number of ether oxygens (including phenoxy) is 1. The Labute approximate surface area is 321 Å². The zero-order valence-corrected chi connectivity index (χ0v) is 31.8. The van der Waals surface area contributed by atoms with E-state index in [-0.39, 0.29) is 28.0 Å². The second kappa shape index (κ2) is 14.9. The normalized spacial score (nSPS) is 23.6. The lowest BCUT2D eigenvalue weighted by Crippen LogP contribution is -2.46. The molecule has 8 rings (SSSR count). The number of aromatic nitrogens is 2. The molecule has 0 radical (unpaired) electrons. The monoisotopic (exact) mass is 778 g/mol. The maximum atomic E-state index is 14.5. The van der Waals surface area contributed by atoms with Gasteiger partial charge in [0.15, 0.2) is 10.9 Å². The number of thioether (sulfide) groups is 1. The minimum absolute atomic E-state index is 0.0231. The van der Waals surface area contributed by atoms with Crippen LogP contribution in [0.15, 0.2) is 88.0 Å². The average Bonchev–Trinajstić information content (AvgIpc) is 3.85. The number of hydrogen-bond acceptors (Lipinski definition) is 7. The lowest BCUT2D eigenvalue weighted by atomic mass is 9.65. The van der Waals surface area contributed by atoms with E-state index in [4.69, 9.17) is 25.7 Å². The summed E-state index contributed by atoms with van der Waals surface area (Å²) in [6, 6.07) is 17.2. The number of imidazole rings is 1. The van der Waals surface area contributed by atoms with Gasteiger partial charge in [-0.25, -0.2) is 4.98 Å². The summed E-state index contributed by atoms with van der Waals surface area (Å²) >= 11 is 7.78. The number of carbonyl (C=O) groups is 1. The SMILES string of the molecule is COc1ccc2nc(SCC3(O)CCC4c5ccc(cc5C(=O)c5ccc(-c6cc(C(F)(F)F)ccc6Cl)o5)CC(O)CCC(C)=CCCC43C)[nH]c2c1. The zero-order chi connectivity index (χ0) is 38.4. The van der Waals surface area contributed by atoms with E-state index in [0.29, 0.717) is 60.7 Å². The number of halogens is 4. The number of ketones is 1. The van der Waals surface area contributed by atoms with Crippen molar-refractivity contribution in [2.75, 3.05) is 12.9 Å². The third kappa shape index (κ3) is 7.48. The first-order chi connectivity index (χ1) is 25.7. The van der Waals surface area contributed by atoms with E-state index in [9.17, 15) is 28.2 Å². The van der Waals surface area contributed by atoms with E-state index in [1.54, 1.807) is 13.2 Å². The highest BCUT2D eigenvalue weighted by Gasteiger charge is 2.57. The number of benzene rings is 3. The number of allylic oxidation sites excluding steroid dienone is 2. The molecule has 4 unspecified atom stereocenters. The largest absolute Gasteiger partial charge is 0.497 e. The standard InChI is InChI=1S/C42H42ClF3N2O5S/c1-24-5-4-17-40(2)32(16-18-41(40,51)23-54-39-47-34-13-10-28(52-3)22-35(34)48-39)29-11-7-25(19-27(49)9-6-24)20-30(29)38(50)37-15-14-36(53-37)31-21-26(42(44,45)46)8-12-33(31)43/h5,7-8,10-15,20-22,27,32,49,51H,4,6,9,16-19,23H2,1-3H3,(H,47,48). The van der Waals surface area contributed by atoms with Crippen LogP contribution in [0.4, 0.5) is 13.2 Å². The van der Waals surface area contributed by atoms with Crippen molar-refractivity contribution >= 4 is 40.2 Å². The number of nitrogens with zero attached hydrogens (tertiary/aromatic N) is 1. The molecular weight excluding hydrogens is 737 g/mol. The Balaban J connectivity index is 1.26. The maximum absolute atomic E-state index is 14.5. The number of alkyl halides is 3. The fraction of sp³-hybridized carbons (Fsp3) is 0.381. The summed E-state index contributed by atoms with van der Waals surface area (Å²) in [7, 11) is 1.61. The first-order valence-electron chi connectivity index (χ1n) is 18.0. The quantitative estimate of drug-likeness (QED) is 0.0857. The molecular formula is C42H42ClF3N2O5S. The Morgan fingerprint density at radius 3 is 2.69 bits per heavy atom. The summed E-state index contributed by atoms with van der Waals surface area (Å²) < 4.78 is 52.0. The second-order valence-electron chi connectivity index (χ2n) is 14.8. The number of nitrogens with one attached hydrogen (secondary N) is 1. The van der Waals surface area contributed by atoms with Crippen LogP contribution in [0.5, 0.6) is 5.75 Å². The van der Waals surface area contributed by atoms with E-state index >= 15 is 0 Å². The Morgan fingerprint density at radius 1 is 1.09 bits per heavy atom. The number of carbonyl (C=O) groups excluding carboxylic acids is 1. The zero-order valence-electron chi connectivity index (χ0n) is 30.2. The van der Waals surface area contributed by atoms with E-state index in [1.165, 1.54) is 29.5 Å². The average molecular weight is 779 g/mol. The molecule has 2 aromatic heterocycles. The molecule has 0 saturated heterocycles. The molecule has 2 bridgehead atoms. The summed E-state index contributed by atoms with van der Waals surface area (Å²) in [5, 5.41) is 24.4. The number of methoxy groups -OCH3 is 1. The van der Waals surface area contributed by atoms with Gasteiger partial charge >= 0.3 is 6.18 Å². The van der Waals surface area contributed by atoms with Crippen molar-refractivity contribution in [1.82, 2.24) is 9.97 Å². The smallest absolute Gasteiger partial charge is 0.416 e. The fourth-order valence-electron chi connectivity index (χ4n) is 8.15. The van der Waals surface area contributed by atoms with E-state index < -0.39 is 34.6 Å². The number of aliphatic hydroxyl groups is 2. The highest BCUT2D eigenvalue weighted by molar-refractivity contribution is 7.99. The predicted octanol–water partition coefficient (Wildman–Crippen LogP) is 10.6. The van der Waals surface area contributed by atoms with Crippen molar-refractivity contribution in [3.05, 3.63) is 111 Å². The minimum atomic E-state index is -4.59. The van der Waals surface area contributed by atoms with Gasteiger partial charge in [-0.15, -0.1) is 0 Å². The van der Waals surface area contributed by atoms with E-state index in [0.717, 1.165) is 46.8 Å². The fourth-order valence-corrected chi connectivity index (χ4v) is 9.56. The van der Waals surface area contributed by atoms with Gasteiger partial charge in [0.25, 0.3) is 0 Å². The van der Waals surface area contributed by atoms with Crippen LogP contribution >= 0.6 is 23.4 Å². The van der Waals surface area contributed by atoms with Gasteiger partial charge in [0.05, 0.1) is 40.4 Å². The van der Waals surface area contributed by atoms with Gasteiger partial charge < -0.3 is 24.4 Å². The Kier molecular flexibility index (Phi) is 10.6. The van der Waals surface area contributed by atoms with Gasteiger partial charge in [-0.3, -0.25) is 4.79 Å². The first-order valence-corrected chi connectivity index (χ1v) is 19.4. The van der Waals surface area contributed by atoms with Gasteiger partial charge in [-0.05, 0) is 117 Å². The summed E-state index contributed by atoms with van der Waals surface area (Å²) in [5.74, 6) is 0.393. The van der Waals surface area contributed by atoms with Gasteiger partial charge in [0.2, 0.25) is 5.78 Å². The molecule has 3 aromatic carbocycles. The molecule has 0 spiro atoms. The Morgan fingerprint density at radius 2 is 1.91 bits per heavy atom. The van der Waals surface area contributed by atoms with Crippen LogP contribution in [0.3, 0.4) is 0 Å². The molecule has 1 fully saturated rings. The molecule has 4 atom stereocenters. The lowest BCUT2D eigenvalue weighted by molar-refractivity contribution is -0.137. The number of aliphatic hydroxyl groups excluding tert-OH is 1. The van der Waals surface area contributed by atoms with Crippen LogP contribution in [0.25, 0.3) is 22.4 Å². The third-order valence-electron chi connectivity index (χ3n) is 11.4. The molecule has 0 aliphatic heterocycles. The number of H-pyrrole nitrogens is 1. The third-order valence-corrected chi connectivity index (χ3v) is 12.8. The van der Waals surface area contributed by atoms with Crippen LogP contribution in [-0.4, -0.2) is 50.5 Å². The molecule has 3 aliphatic rings. The van der Waals surface area contributed by atoms with Gasteiger partial charge in [0.1, 0.15) is 11.5 Å². The van der Waals surface area contributed by atoms with Crippen molar-refractivity contribution in [2.24, 2.45) is 5.41 Å². The minimum Gasteiger partial charge on any atom is -0.497 e. The van der Waals surface area contributed by atoms with Gasteiger partial charge in [-0.1, -0.05) is 54.1 Å². The lowest BCUT2D eigenvalue weighted by Gasteiger charge is -2.44. The molecule has 3 aliphatic carbocycles. The molecule has 2 heterocycles. The second-order valence-corrected chi connectivity index (χ2v) is 16.2. The molecule has 3 N–H and O–H groups in total. The van der Waals surface area contributed by atoms with E-state index in [1.807, 2.05) is 30.3 Å². The van der Waals surface area contributed by atoms with Crippen molar-refractivity contribution in [1.29, 1.82) is 0 Å². The Bertz CT molecular complexity index is 2230. The molecule has 0 amide bonds. The van der Waals surface area contributed by atoms with Crippen LogP contribution in [0.2, 0.25) is 5.02 Å². The van der Waals surface area contributed by atoms with E-state index in [2.05, 4.69) is 24.9 Å². The molecule has 7 nitrogen and oxygen atoms in total. The highest BCUT2D eigenvalue weighted by Crippen LogP contribution is 2.59. The van der Waals surface area contributed by atoms with Crippen molar-refractivity contribution in [3.8, 4) is 17.1 Å². The number of rotatable bonds is 7. The summed E-state index contributed by atoms with van der Waals surface area (Å²) in [5.41, 5.74) is 2.04. The van der Waals surface area contributed by atoms with Crippen molar-refractivity contribution in [3.63, 3.8) is 0 Å². The number of hydrogen-bond donors (Lipinski definition) is 3. The van der Waals surface area contributed by atoms with Crippen LogP contribution < -0.4 is 4.74 Å². The summed E-state index contributed by atoms with van der Waals surface area (Å²) in [6.07, 6.45) is 1.03. The Hall–Kier alpha value is -4.03. The summed E-state index contributed by atoms with van der Waals surface area (Å²) in [6.45, 7) is 4.18. The molecule has 5 aromatic rings. The number of aromatic amines is 1. The van der Waals surface area contributed by atoms with Crippen LogP contribution in [0, 0.1) is 5.41 Å². The number of fused-ring (bicyclic) bond motifs is 9. The molecule has 1 saturated carbocycles. The van der Waals surface area contributed by atoms with Gasteiger partial charge in [0, 0.05) is 28.4 Å². The van der Waals surface area contributed by atoms with Crippen molar-refractivity contribution in [2.45, 2.75) is 87.7 Å². The molecule has 54 heavy (non-hydrogen) atoms. The highest BCUT2D eigenvalue weighted by atomic mass is 35.5. The molecule has 284 valence electrons. The maximum Gasteiger partial charge on any atom is 0.416 e. The number of furan rings is 1. The first kappa shape index (κ1) is 38.3. The van der Waals surface area contributed by atoms with Crippen LogP contribution in [-0.2, 0) is 12.6 Å². The van der Waals surface area contributed by atoms with Crippen molar-refractivity contribution < 1.29 is 37.3 Å². The van der Waals surface area contributed by atoms with Gasteiger partial charge in [-0.2, -0.15) is 13.2 Å². The van der Waals surface area contributed by atoms with Crippen LogP contribution in [0.1, 0.15) is 91.1 Å².